The summed E-state index contributed by atoms with van der Waals surface area (Å²) in [5.74, 6) is -0.108. The summed E-state index contributed by atoms with van der Waals surface area (Å²) in [5, 5.41) is 23.5. The zero-order valence-corrected chi connectivity index (χ0v) is 22.9. The van der Waals surface area contributed by atoms with Crippen LogP contribution in [-0.2, 0) is 14.3 Å². The van der Waals surface area contributed by atoms with Crippen molar-refractivity contribution in [3.63, 3.8) is 0 Å². The quantitative estimate of drug-likeness (QED) is 0.128. The normalized spacial score (nSPS) is 14.6. The molecule has 0 aliphatic carbocycles. The summed E-state index contributed by atoms with van der Waals surface area (Å²) in [6.45, 7) is 5.16. The van der Waals surface area contributed by atoms with E-state index >= 15 is 0 Å². The number of ether oxygens (including phenoxy) is 1. The number of aromatic nitrogens is 2. The number of aliphatic hydroxyl groups is 2. The number of hydrogen-bond donors (Lipinski definition) is 4. The summed E-state index contributed by atoms with van der Waals surface area (Å²) in [4.78, 5) is 34.5. The minimum absolute atomic E-state index is 0.118. The molecule has 39 heavy (non-hydrogen) atoms. The highest BCUT2D eigenvalue weighted by Crippen LogP contribution is 2.24. The van der Waals surface area contributed by atoms with Crippen LogP contribution in [0.2, 0.25) is 5.02 Å². The maximum absolute atomic E-state index is 13.8. The first-order chi connectivity index (χ1) is 18.8. The van der Waals surface area contributed by atoms with Crippen LogP contribution in [0.25, 0.3) is 0 Å². The second kappa shape index (κ2) is 18.3. The Morgan fingerprint density at radius 1 is 1.21 bits per heavy atom. The van der Waals surface area contributed by atoms with E-state index in [2.05, 4.69) is 32.1 Å². The molecule has 1 aromatic rings. The van der Waals surface area contributed by atoms with E-state index in [9.17, 15) is 14.0 Å². The number of aliphatic hydroxyl groups excluding tert-OH is 2. The zero-order chi connectivity index (χ0) is 28.5. The fourth-order valence-corrected chi connectivity index (χ4v) is 4.13. The molecule has 0 bridgehead atoms. The van der Waals surface area contributed by atoms with Crippen molar-refractivity contribution in [3.05, 3.63) is 53.8 Å². The molecule has 4 N–H and O–H groups in total. The molecule has 10 nitrogen and oxygen atoms in total. The van der Waals surface area contributed by atoms with Crippen molar-refractivity contribution in [3.8, 4) is 0 Å². The van der Waals surface area contributed by atoms with Crippen LogP contribution in [0.1, 0.15) is 44.9 Å². The molecule has 0 aromatic carbocycles. The van der Waals surface area contributed by atoms with E-state index in [0.717, 1.165) is 38.8 Å². The SMILES string of the molecule is C=C(F)/C(=C\C=C\OCCCC1CCN(c2ncc(Cl)cn2)CC1)CC(=O)NCCCC(=O)NC(CO)CO. The highest BCUT2D eigenvalue weighted by Gasteiger charge is 2.20. The Balaban J connectivity index is 1.59. The fraction of sp³-hybridized carbons (Fsp3) is 0.556. The molecule has 1 aliphatic heterocycles. The third-order valence-corrected chi connectivity index (χ3v) is 6.45. The molecule has 1 fully saturated rings. The molecule has 2 rings (SSSR count). The summed E-state index contributed by atoms with van der Waals surface area (Å²) < 4.78 is 19.3. The molecule has 1 aromatic heterocycles. The maximum atomic E-state index is 13.8. The summed E-state index contributed by atoms with van der Waals surface area (Å²) in [7, 11) is 0. The van der Waals surface area contributed by atoms with E-state index in [4.69, 9.17) is 26.6 Å². The van der Waals surface area contributed by atoms with Crippen molar-refractivity contribution in [2.24, 2.45) is 5.92 Å². The zero-order valence-electron chi connectivity index (χ0n) is 22.2. The molecule has 12 heteroatoms. The summed E-state index contributed by atoms with van der Waals surface area (Å²) >= 11 is 5.85. The van der Waals surface area contributed by atoms with Crippen LogP contribution in [0.3, 0.4) is 0 Å². The standard InChI is InChI=1S/C27H39ClFN5O5/c1-20(29)22(15-26(38)30-10-2-7-25(37)33-24(18-35)19-36)6-4-14-39-13-3-5-21-8-11-34(12-9-21)27-31-16-23(28)17-32-27/h4,6,14,16-17,21,24,35-36H,1-3,5,7-13,15,18-19H2,(H,30,38)(H,33,37)/b14-4+,22-6-. The number of carbonyl (C=O) groups is 2. The van der Waals surface area contributed by atoms with E-state index in [1.54, 1.807) is 18.5 Å². The molecule has 216 valence electrons. The van der Waals surface area contributed by atoms with Crippen LogP contribution >= 0.6 is 11.6 Å². The van der Waals surface area contributed by atoms with Gasteiger partial charge in [0, 0.05) is 26.1 Å². The molecule has 0 atom stereocenters. The van der Waals surface area contributed by atoms with Gasteiger partial charge in [-0.3, -0.25) is 9.59 Å². The Labute approximate surface area is 234 Å². The van der Waals surface area contributed by atoms with E-state index in [1.807, 2.05) is 0 Å². The lowest BCUT2D eigenvalue weighted by Crippen LogP contribution is -2.40. The van der Waals surface area contributed by atoms with Gasteiger partial charge in [0.2, 0.25) is 17.8 Å². The van der Waals surface area contributed by atoms with E-state index in [0.29, 0.717) is 29.9 Å². The van der Waals surface area contributed by atoms with Crippen LogP contribution in [0.5, 0.6) is 0 Å². The van der Waals surface area contributed by atoms with Crippen LogP contribution in [0, 0.1) is 5.92 Å². The first kappa shape index (κ1) is 32.2. The number of nitrogens with one attached hydrogen (secondary N) is 2. The number of carbonyl (C=O) groups excluding carboxylic acids is 2. The number of amides is 2. The van der Waals surface area contributed by atoms with Gasteiger partial charge in [-0.1, -0.05) is 24.3 Å². The predicted octanol–water partition coefficient (Wildman–Crippen LogP) is 2.82. The summed E-state index contributed by atoms with van der Waals surface area (Å²) in [6, 6.07) is -0.701. The lowest BCUT2D eigenvalue weighted by atomic mass is 9.92. The first-order valence-electron chi connectivity index (χ1n) is 13.1. The van der Waals surface area contributed by atoms with Gasteiger partial charge in [-0.05, 0) is 49.7 Å². The molecule has 0 saturated carbocycles. The van der Waals surface area contributed by atoms with Crippen molar-refractivity contribution >= 4 is 29.4 Å². The smallest absolute Gasteiger partial charge is 0.225 e. The molecule has 0 radical (unpaired) electrons. The van der Waals surface area contributed by atoms with Gasteiger partial charge in [0.25, 0.3) is 0 Å². The summed E-state index contributed by atoms with van der Waals surface area (Å²) in [6.07, 6.45) is 12.1. The number of piperidine rings is 1. The molecular weight excluding hydrogens is 529 g/mol. The van der Waals surface area contributed by atoms with Gasteiger partial charge < -0.3 is 30.5 Å². The molecule has 2 amide bonds. The predicted molar refractivity (Wildman–Crippen MR) is 148 cm³/mol. The van der Waals surface area contributed by atoms with Crippen LogP contribution < -0.4 is 15.5 Å². The van der Waals surface area contributed by atoms with Crippen LogP contribution in [-0.4, -0.2) is 77.5 Å². The van der Waals surface area contributed by atoms with E-state index in [1.165, 1.54) is 12.3 Å². The minimum atomic E-state index is -0.705. The highest BCUT2D eigenvalue weighted by atomic mass is 35.5. The van der Waals surface area contributed by atoms with Gasteiger partial charge in [0.05, 0.1) is 56.0 Å². The van der Waals surface area contributed by atoms with Crippen molar-refractivity contribution in [1.82, 2.24) is 20.6 Å². The maximum Gasteiger partial charge on any atom is 0.225 e. The van der Waals surface area contributed by atoms with Gasteiger partial charge in [-0.2, -0.15) is 0 Å². The number of hydrogen-bond acceptors (Lipinski definition) is 8. The van der Waals surface area contributed by atoms with Gasteiger partial charge in [-0.15, -0.1) is 0 Å². The Hall–Kier alpha value is -3.02. The fourth-order valence-electron chi connectivity index (χ4n) is 4.03. The van der Waals surface area contributed by atoms with Gasteiger partial charge in [0.15, 0.2) is 0 Å². The Morgan fingerprint density at radius 3 is 2.54 bits per heavy atom. The lowest BCUT2D eigenvalue weighted by Gasteiger charge is -2.31. The first-order valence-corrected chi connectivity index (χ1v) is 13.5. The Morgan fingerprint density at radius 2 is 1.90 bits per heavy atom. The Kier molecular flexibility index (Phi) is 15.1. The third kappa shape index (κ3) is 13.1. The Bertz CT molecular complexity index is 964. The number of anilines is 1. The average Bonchev–Trinajstić information content (AvgIpc) is 2.93. The van der Waals surface area contributed by atoms with Crippen molar-refractivity contribution < 1.29 is 28.9 Å². The second-order valence-electron chi connectivity index (χ2n) is 9.33. The van der Waals surface area contributed by atoms with Crippen molar-refractivity contribution in [2.45, 2.75) is 51.0 Å². The van der Waals surface area contributed by atoms with E-state index < -0.39 is 17.8 Å². The van der Waals surface area contributed by atoms with Crippen molar-refractivity contribution in [2.75, 3.05) is 44.4 Å². The molecule has 0 spiro atoms. The van der Waals surface area contributed by atoms with Gasteiger partial charge in [-0.25, -0.2) is 14.4 Å². The molecular formula is C27H39ClFN5O5. The number of allylic oxidation sites excluding steroid dienone is 3. The lowest BCUT2D eigenvalue weighted by molar-refractivity contribution is -0.123. The van der Waals surface area contributed by atoms with Crippen molar-refractivity contribution in [1.29, 1.82) is 0 Å². The van der Waals surface area contributed by atoms with Crippen LogP contribution in [0.15, 0.2) is 48.8 Å². The largest absolute Gasteiger partial charge is 0.501 e. The molecule has 2 heterocycles. The number of rotatable bonds is 17. The molecule has 1 aliphatic rings. The van der Waals surface area contributed by atoms with Crippen LogP contribution in [0.4, 0.5) is 10.3 Å². The molecule has 1 saturated heterocycles. The van der Waals surface area contributed by atoms with Gasteiger partial charge in [0.1, 0.15) is 5.83 Å². The van der Waals surface area contributed by atoms with Gasteiger partial charge >= 0.3 is 0 Å². The minimum Gasteiger partial charge on any atom is -0.501 e. The number of nitrogens with zero attached hydrogens (tertiary/aromatic N) is 3. The second-order valence-corrected chi connectivity index (χ2v) is 9.77. The monoisotopic (exact) mass is 567 g/mol. The number of halogens is 2. The molecule has 0 unspecified atom stereocenters. The topological polar surface area (TPSA) is 137 Å². The summed E-state index contributed by atoms with van der Waals surface area (Å²) in [5.41, 5.74) is 0.134. The van der Waals surface area contributed by atoms with E-state index in [-0.39, 0.29) is 44.1 Å². The third-order valence-electron chi connectivity index (χ3n) is 6.26. The highest BCUT2D eigenvalue weighted by molar-refractivity contribution is 6.30. The average molecular weight is 568 g/mol.